The smallest absolute Gasteiger partial charge is 0.0574 e. The molecule has 0 saturated carbocycles. The van der Waals surface area contributed by atoms with Crippen molar-refractivity contribution in [3.05, 3.63) is 12.7 Å². The van der Waals surface area contributed by atoms with Gasteiger partial charge in [0.25, 0.3) is 0 Å². The molecule has 0 saturated heterocycles. The van der Waals surface area contributed by atoms with Gasteiger partial charge in [-0.3, -0.25) is 0 Å². The zero-order chi connectivity index (χ0) is 8.91. The van der Waals surface area contributed by atoms with Crippen LogP contribution in [0.1, 0.15) is 26.7 Å². The third-order valence-electron chi connectivity index (χ3n) is 1.67. The largest absolute Gasteiger partial charge is 0.395 e. The van der Waals surface area contributed by atoms with Gasteiger partial charge in [-0.2, -0.15) is 0 Å². The van der Waals surface area contributed by atoms with Gasteiger partial charge < -0.3 is 5.11 Å². The molecule has 1 nitrogen and oxygen atoms in total. The van der Waals surface area contributed by atoms with Crippen LogP contribution in [0.5, 0.6) is 0 Å². The van der Waals surface area contributed by atoms with E-state index in [0.717, 1.165) is 12.8 Å². The summed E-state index contributed by atoms with van der Waals surface area (Å²) in [5.74, 6) is 0.626. The quantitative estimate of drug-likeness (QED) is 0.462. The molecular weight excluding hydrogens is 251 g/mol. The van der Waals surface area contributed by atoms with E-state index in [1.807, 2.05) is 6.08 Å². The molecule has 0 heterocycles. The first-order valence-corrected chi connectivity index (χ1v) is 5.00. The summed E-state index contributed by atoms with van der Waals surface area (Å²) in [7, 11) is 0. The Labute approximate surface area is 83.0 Å². The molecule has 0 aromatic rings. The maximum Gasteiger partial charge on any atom is 0.0574 e. The van der Waals surface area contributed by atoms with Gasteiger partial charge in [0, 0.05) is 3.42 Å². The molecule has 11 heavy (non-hydrogen) atoms. The number of allylic oxidation sites excluding steroid dienone is 1. The third kappa shape index (κ3) is 5.67. The SMILES string of the molecule is C=CCC(C)CC(C)(I)CO. The highest BCUT2D eigenvalue weighted by Crippen LogP contribution is 2.27. The van der Waals surface area contributed by atoms with Crippen LogP contribution in [0, 0.1) is 5.92 Å². The van der Waals surface area contributed by atoms with Crippen molar-refractivity contribution in [2.24, 2.45) is 5.92 Å². The van der Waals surface area contributed by atoms with E-state index in [9.17, 15) is 0 Å². The fourth-order valence-electron chi connectivity index (χ4n) is 1.16. The van der Waals surface area contributed by atoms with Gasteiger partial charge in [-0.1, -0.05) is 35.6 Å². The summed E-state index contributed by atoms with van der Waals surface area (Å²) in [5.41, 5.74) is 0. The third-order valence-corrected chi connectivity index (χ3v) is 2.45. The lowest BCUT2D eigenvalue weighted by Gasteiger charge is -2.22. The molecular formula is C9H17IO. The molecule has 0 fully saturated rings. The lowest BCUT2D eigenvalue weighted by molar-refractivity contribution is 0.245. The minimum absolute atomic E-state index is 0.0419. The van der Waals surface area contributed by atoms with Crippen LogP contribution in [-0.2, 0) is 0 Å². The summed E-state index contributed by atoms with van der Waals surface area (Å²) >= 11 is 2.31. The van der Waals surface area contributed by atoms with E-state index < -0.39 is 0 Å². The predicted octanol–water partition coefficient (Wildman–Crippen LogP) is 2.77. The van der Waals surface area contributed by atoms with Gasteiger partial charge in [0.1, 0.15) is 0 Å². The molecule has 0 bridgehead atoms. The van der Waals surface area contributed by atoms with Crippen LogP contribution < -0.4 is 0 Å². The highest BCUT2D eigenvalue weighted by molar-refractivity contribution is 14.1. The summed E-state index contributed by atoms with van der Waals surface area (Å²) in [6, 6.07) is 0. The fourth-order valence-corrected chi connectivity index (χ4v) is 1.91. The molecule has 0 amide bonds. The average Bonchev–Trinajstić information content (AvgIpc) is 1.87. The van der Waals surface area contributed by atoms with E-state index in [1.54, 1.807) is 0 Å². The van der Waals surface area contributed by atoms with Gasteiger partial charge in [-0.05, 0) is 25.7 Å². The van der Waals surface area contributed by atoms with Crippen molar-refractivity contribution >= 4 is 22.6 Å². The molecule has 0 aliphatic heterocycles. The molecule has 66 valence electrons. The first-order chi connectivity index (χ1) is 5.02. The monoisotopic (exact) mass is 268 g/mol. The molecule has 0 radical (unpaired) electrons. The zero-order valence-electron chi connectivity index (χ0n) is 7.31. The average molecular weight is 268 g/mol. The fraction of sp³-hybridized carbons (Fsp3) is 0.778. The number of halogens is 1. The second kappa shape index (κ2) is 5.14. The van der Waals surface area contributed by atoms with Gasteiger partial charge in [0.2, 0.25) is 0 Å². The Morgan fingerprint density at radius 3 is 2.64 bits per heavy atom. The molecule has 0 spiro atoms. The van der Waals surface area contributed by atoms with Crippen LogP contribution in [-0.4, -0.2) is 15.1 Å². The second-order valence-corrected chi connectivity index (χ2v) is 6.01. The van der Waals surface area contributed by atoms with Crippen molar-refractivity contribution in [2.75, 3.05) is 6.61 Å². The van der Waals surface area contributed by atoms with E-state index in [2.05, 4.69) is 43.0 Å². The number of aliphatic hydroxyl groups is 1. The minimum atomic E-state index is 0.0419. The van der Waals surface area contributed by atoms with Gasteiger partial charge >= 0.3 is 0 Å². The molecule has 0 aliphatic carbocycles. The molecule has 2 atom stereocenters. The first-order valence-electron chi connectivity index (χ1n) is 3.92. The van der Waals surface area contributed by atoms with Crippen LogP contribution in [0.4, 0.5) is 0 Å². The molecule has 0 rings (SSSR count). The molecule has 1 N–H and O–H groups in total. The highest BCUT2D eigenvalue weighted by atomic mass is 127. The Morgan fingerprint density at radius 2 is 2.27 bits per heavy atom. The summed E-state index contributed by atoms with van der Waals surface area (Å²) in [6.45, 7) is 8.22. The highest BCUT2D eigenvalue weighted by Gasteiger charge is 2.21. The van der Waals surface area contributed by atoms with E-state index in [4.69, 9.17) is 5.11 Å². The van der Waals surface area contributed by atoms with Crippen LogP contribution in [0.15, 0.2) is 12.7 Å². The Morgan fingerprint density at radius 1 is 1.73 bits per heavy atom. The number of alkyl halides is 1. The van der Waals surface area contributed by atoms with Gasteiger partial charge in [-0.15, -0.1) is 6.58 Å². The van der Waals surface area contributed by atoms with Crippen molar-refractivity contribution in [2.45, 2.75) is 30.1 Å². The van der Waals surface area contributed by atoms with E-state index >= 15 is 0 Å². The van der Waals surface area contributed by atoms with Gasteiger partial charge in [-0.25, -0.2) is 0 Å². The molecule has 0 aromatic carbocycles. The zero-order valence-corrected chi connectivity index (χ0v) is 9.47. The maximum atomic E-state index is 8.98. The number of aliphatic hydroxyl groups excluding tert-OH is 1. The van der Waals surface area contributed by atoms with Crippen molar-refractivity contribution < 1.29 is 5.11 Å². The predicted molar refractivity (Wildman–Crippen MR) is 58.1 cm³/mol. The molecule has 0 aromatic heterocycles. The summed E-state index contributed by atoms with van der Waals surface area (Å²) in [5, 5.41) is 8.98. The Bertz CT molecular complexity index is 121. The normalized spacial score (nSPS) is 18.9. The van der Waals surface area contributed by atoms with E-state index in [1.165, 1.54) is 0 Å². The number of hydrogen-bond donors (Lipinski definition) is 1. The van der Waals surface area contributed by atoms with E-state index in [0.29, 0.717) is 5.92 Å². The summed E-state index contributed by atoms with van der Waals surface area (Å²) in [4.78, 5) is 0. The standard InChI is InChI=1S/C9H17IO/c1-4-5-8(2)6-9(3,10)7-11/h4,8,11H,1,5-7H2,2-3H3. The van der Waals surface area contributed by atoms with Crippen molar-refractivity contribution in [1.29, 1.82) is 0 Å². The topological polar surface area (TPSA) is 20.2 Å². The van der Waals surface area contributed by atoms with Gasteiger partial charge in [0.05, 0.1) is 6.61 Å². The lowest BCUT2D eigenvalue weighted by atomic mass is 9.95. The molecule has 2 heteroatoms. The van der Waals surface area contributed by atoms with Crippen molar-refractivity contribution in [3.63, 3.8) is 0 Å². The number of hydrogen-bond acceptors (Lipinski definition) is 1. The van der Waals surface area contributed by atoms with Crippen LogP contribution in [0.2, 0.25) is 0 Å². The van der Waals surface area contributed by atoms with Crippen molar-refractivity contribution in [3.8, 4) is 0 Å². The summed E-state index contributed by atoms with van der Waals surface area (Å²) in [6.07, 6.45) is 4.03. The molecule has 2 unspecified atom stereocenters. The second-order valence-electron chi connectivity index (χ2n) is 3.41. The first kappa shape index (κ1) is 11.4. The van der Waals surface area contributed by atoms with Crippen molar-refractivity contribution in [1.82, 2.24) is 0 Å². The lowest BCUT2D eigenvalue weighted by Crippen LogP contribution is -2.23. The Balaban J connectivity index is 3.72. The minimum Gasteiger partial charge on any atom is -0.395 e. The summed E-state index contributed by atoms with van der Waals surface area (Å²) < 4.78 is 0.0419. The maximum absolute atomic E-state index is 8.98. The van der Waals surface area contributed by atoms with Crippen LogP contribution in [0.3, 0.4) is 0 Å². The number of rotatable bonds is 5. The van der Waals surface area contributed by atoms with Crippen LogP contribution in [0.25, 0.3) is 0 Å². The Hall–Kier alpha value is 0.430. The van der Waals surface area contributed by atoms with Crippen LogP contribution >= 0.6 is 22.6 Å². The van der Waals surface area contributed by atoms with Gasteiger partial charge in [0.15, 0.2) is 0 Å². The molecule has 0 aliphatic rings. The Kier molecular flexibility index (Phi) is 5.34. The van der Waals surface area contributed by atoms with E-state index in [-0.39, 0.29) is 10.0 Å².